The van der Waals surface area contributed by atoms with Crippen molar-refractivity contribution in [1.29, 1.82) is 0 Å². The van der Waals surface area contributed by atoms with E-state index in [0.29, 0.717) is 12.8 Å². The standard InChI is InChI=1S/C11H16O6/c1-2-3-11(14)7-9(13)15-5-10(7)8(17-11)6(12)4-16-10/h6-8,12,14H,2-5H2,1H3/t6-,7+,8+,10+,11-/m1/s1. The number of esters is 1. The lowest BCUT2D eigenvalue weighted by molar-refractivity contribution is -0.231. The first-order chi connectivity index (χ1) is 8.03. The van der Waals surface area contributed by atoms with Gasteiger partial charge >= 0.3 is 5.97 Å². The summed E-state index contributed by atoms with van der Waals surface area (Å²) in [6.07, 6.45) is -0.520. The number of cyclic esters (lactones) is 1. The molecule has 3 rings (SSSR count). The average molecular weight is 244 g/mol. The molecule has 0 aromatic heterocycles. The van der Waals surface area contributed by atoms with Crippen LogP contribution >= 0.6 is 0 Å². The van der Waals surface area contributed by atoms with Crippen molar-refractivity contribution >= 4 is 5.97 Å². The number of aliphatic hydroxyl groups excluding tert-OH is 1. The second-order valence-electron chi connectivity index (χ2n) is 5.01. The summed E-state index contributed by atoms with van der Waals surface area (Å²) in [5, 5.41) is 20.2. The van der Waals surface area contributed by atoms with Crippen molar-refractivity contribution in [3.8, 4) is 0 Å². The summed E-state index contributed by atoms with van der Waals surface area (Å²) in [5.74, 6) is -2.93. The van der Waals surface area contributed by atoms with Crippen LogP contribution in [0.5, 0.6) is 0 Å². The molecule has 0 aromatic carbocycles. The van der Waals surface area contributed by atoms with Gasteiger partial charge < -0.3 is 24.4 Å². The van der Waals surface area contributed by atoms with Crippen molar-refractivity contribution in [2.75, 3.05) is 13.2 Å². The highest BCUT2D eigenvalue weighted by atomic mass is 16.7. The number of carbonyl (C=O) groups excluding carboxylic acids is 1. The number of aliphatic hydroxyl groups is 2. The molecule has 3 aliphatic rings. The SMILES string of the molecule is CCC[C@@]1(O)O[C@H]2[C@H](O)CO[C@]23COC(=O)[C@@H]31. The molecule has 0 unspecified atom stereocenters. The molecule has 1 spiro atoms. The van der Waals surface area contributed by atoms with Crippen molar-refractivity contribution in [3.05, 3.63) is 0 Å². The molecule has 3 fully saturated rings. The van der Waals surface area contributed by atoms with Crippen molar-refractivity contribution in [2.45, 2.75) is 43.4 Å². The maximum Gasteiger partial charge on any atom is 0.317 e. The Morgan fingerprint density at radius 2 is 2.29 bits per heavy atom. The number of carbonyl (C=O) groups is 1. The van der Waals surface area contributed by atoms with Crippen LogP contribution in [0.15, 0.2) is 0 Å². The van der Waals surface area contributed by atoms with Gasteiger partial charge in [-0.05, 0) is 0 Å². The predicted octanol–water partition coefficient (Wildman–Crippen LogP) is -0.823. The summed E-state index contributed by atoms with van der Waals surface area (Å²) in [7, 11) is 0. The summed E-state index contributed by atoms with van der Waals surface area (Å²) in [5.41, 5.74) is -1.000. The maximum absolute atomic E-state index is 11.8. The molecular formula is C11H16O6. The quantitative estimate of drug-likeness (QED) is 0.617. The topological polar surface area (TPSA) is 85.2 Å². The zero-order valence-electron chi connectivity index (χ0n) is 9.59. The molecule has 0 aliphatic carbocycles. The van der Waals surface area contributed by atoms with E-state index in [9.17, 15) is 15.0 Å². The van der Waals surface area contributed by atoms with Crippen molar-refractivity contribution in [1.82, 2.24) is 0 Å². The van der Waals surface area contributed by atoms with Gasteiger partial charge in [0, 0.05) is 6.42 Å². The lowest BCUT2D eigenvalue weighted by Crippen LogP contribution is -2.47. The fourth-order valence-electron chi connectivity index (χ4n) is 3.25. The summed E-state index contributed by atoms with van der Waals surface area (Å²) in [6.45, 7) is 2.05. The zero-order valence-corrected chi connectivity index (χ0v) is 9.59. The predicted molar refractivity (Wildman–Crippen MR) is 53.9 cm³/mol. The highest BCUT2D eigenvalue weighted by Crippen LogP contribution is 2.54. The molecule has 3 heterocycles. The highest BCUT2D eigenvalue weighted by molar-refractivity contribution is 5.78. The third-order valence-corrected chi connectivity index (χ3v) is 3.91. The van der Waals surface area contributed by atoms with Crippen LogP contribution in [0.3, 0.4) is 0 Å². The molecule has 6 heteroatoms. The van der Waals surface area contributed by atoms with Gasteiger partial charge in [-0.25, -0.2) is 0 Å². The van der Waals surface area contributed by atoms with Crippen LogP contribution in [0.2, 0.25) is 0 Å². The molecule has 0 bridgehead atoms. The molecule has 0 amide bonds. The Bertz CT molecular complexity index is 358. The normalized spacial score (nSPS) is 52.4. The molecule has 96 valence electrons. The van der Waals surface area contributed by atoms with Gasteiger partial charge in [-0.2, -0.15) is 0 Å². The van der Waals surface area contributed by atoms with Crippen molar-refractivity contribution in [3.63, 3.8) is 0 Å². The zero-order chi connectivity index (χ0) is 12.3. The molecule has 3 saturated heterocycles. The summed E-state index contributed by atoms with van der Waals surface area (Å²) in [6, 6.07) is 0. The Balaban J connectivity index is 2.01. The van der Waals surface area contributed by atoms with Crippen LogP contribution in [-0.2, 0) is 19.0 Å². The number of rotatable bonds is 2. The van der Waals surface area contributed by atoms with Gasteiger partial charge in [0.1, 0.15) is 30.3 Å². The lowest BCUT2D eigenvalue weighted by Gasteiger charge is -2.28. The highest BCUT2D eigenvalue weighted by Gasteiger charge is 2.75. The molecule has 0 saturated carbocycles. The Morgan fingerprint density at radius 3 is 3.00 bits per heavy atom. The lowest BCUT2D eigenvalue weighted by atomic mass is 9.82. The van der Waals surface area contributed by atoms with E-state index in [1.165, 1.54) is 0 Å². The first-order valence-electron chi connectivity index (χ1n) is 5.92. The molecule has 6 nitrogen and oxygen atoms in total. The largest absolute Gasteiger partial charge is 0.462 e. The van der Waals surface area contributed by atoms with E-state index < -0.39 is 35.5 Å². The van der Waals surface area contributed by atoms with Gasteiger partial charge in [-0.1, -0.05) is 13.3 Å². The second-order valence-corrected chi connectivity index (χ2v) is 5.01. The second kappa shape index (κ2) is 3.41. The van der Waals surface area contributed by atoms with Gasteiger partial charge in [0.25, 0.3) is 0 Å². The van der Waals surface area contributed by atoms with Crippen LogP contribution in [0.4, 0.5) is 0 Å². The van der Waals surface area contributed by atoms with E-state index in [1.54, 1.807) is 0 Å². The molecule has 17 heavy (non-hydrogen) atoms. The number of hydrogen-bond donors (Lipinski definition) is 2. The Labute approximate surface area is 98.5 Å². The van der Waals surface area contributed by atoms with E-state index in [1.807, 2.05) is 6.92 Å². The smallest absolute Gasteiger partial charge is 0.317 e. The summed E-state index contributed by atoms with van der Waals surface area (Å²) < 4.78 is 16.1. The Kier molecular flexibility index (Phi) is 2.29. The molecular weight excluding hydrogens is 228 g/mol. The molecule has 2 N–H and O–H groups in total. The van der Waals surface area contributed by atoms with Gasteiger partial charge in [0.2, 0.25) is 0 Å². The minimum Gasteiger partial charge on any atom is -0.462 e. The van der Waals surface area contributed by atoms with Crippen LogP contribution < -0.4 is 0 Å². The van der Waals surface area contributed by atoms with Crippen LogP contribution in [0.25, 0.3) is 0 Å². The molecule has 5 atom stereocenters. The first-order valence-corrected chi connectivity index (χ1v) is 5.92. The minimum absolute atomic E-state index is 0.0459. The fraction of sp³-hybridized carbons (Fsp3) is 0.909. The van der Waals surface area contributed by atoms with E-state index in [0.717, 1.165) is 0 Å². The summed E-state index contributed by atoms with van der Waals surface area (Å²) in [4.78, 5) is 11.8. The van der Waals surface area contributed by atoms with Gasteiger partial charge in [0.05, 0.1) is 6.61 Å². The van der Waals surface area contributed by atoms with E-state index in [2.05, 4.69) is 0 Å². The van der Waals surface area contributed by atoms with Crippen LogP contribution in [0, 0.1) is 5.92 Å². The van der Waals surface area contributed by atoms with E-state index in [4.69, 9.17) is 14.2 Å². The van der Waals surface area contributed by atoms with Gasteiger partial charge in [0.15, 0.2) is 5.79 Å². The summed E-state index contributed by atoms with van der Waals surface area (Å²) >= 11 is 0. The van der Waals surface area contributed by atoms with Crippen LogP contribution in [-0.4, -0.2) is 53.0 Å². The minimum atomic E-state index is -1.57. The Hall–Kier alpha value is -0.690. The monoisotopic (exact) mass is 244 g/mol. The van der Waals surface area contributed by atoms with E-state index >= 15 is 0 Å². The first kappa shape index (κ1) is 11.4. The molecule has 0 aromatic rings. The third kappa shape index (κ3) is 1.26. The van der Waals surface area contributed by atoms with Gasteiger partial charge in [-0.3, -0.25) is 4.79 Å². The fourth-order valence-corrected chi connectivity index (χ4v) is 3.25. The third-order valence-electron chi connectivity index (χ3n) is 3.91. The van der Waals surface area contributed by atoms with Crippen molar-refractivity contribution in [2.24, 2.45) is 5.92 Å². The number of ether oxygens (including phenoxy) is 3. The average Bonchev–Trinajstić information content (AvgIpc) is 2.83. The van der Waals surface area contributed by atoms with Crippen LogP contribution in [0.1, 0.15) is 19.8 Å². The molecule has 0 radical (unpaired) electrons. The van der Waals surface area contributed by atoms with E-state index in [-0.39, 0.29) is 13.2 Å². The Morgan fingerprint density at radius 1 is 1.53 bits per heavy atom. The maximum atomic E-state index is 11.8. The molecule has 3 aliphatic heterocycles. The van der Waals surface area contributed by atoms with Crippen molar-refractivity contribution < 1.29 is 29.2 Å². The number of hydrogen-bond acceptors (Lipinski definition) is 6. The van der Waals surface area contributed by atoms with Gasteiger partial charge in [-0.15, -0.1) is 0 Å².